The van der Waals surface area contributed by atoms with Crippen LogP contribution < -0.4 is 0 Å². The van der Waals surface area contributed by atoms with E-state index < -0.39 is 0 Å². The average molecular weight is 165 g/mol. The fourth-order valence-corrected chi connectivity index (χ4v) is 0.721. The van der Waals surface area contributed by atoms with Crippen LogP contribution in [0.4, 0.5) is 0 Å². The summed E-state index contributed by atoms with van der Waals surface area (Å²) < 4.78 is 0. The highest BCUT2D eigenvalue weighted by Crippen LogP contribution is 2.19. The zero-order chi connectivity index (χ0) is 9.61. The summed E-state index contributed by atoms with van der Waals surface area (Å²) in [6.07, 6.45) is 2.72. The van der Waals surface area contributed by atoms with Gasteiger partial charge in [-0.05, 0) is 18.8 Å². The molecule has 0 fully saturated rings. The molecule has 0 atom stereocenters. The number of hydrogen-bond acceptors (Lipinski definition) is 1. The molecule has 1 nitrogen and oxygen atoms in total. The molecule has 0 spiro atoms. The fourth-order valence-electron chi connectivity index (χ4n) is 0.721. The Morgan fingerprint density at radius 2 is 1.83 bits per heavy atom. The van der Waals surface area contributed by atoms with E-state index in [1.165, 1.54) is 0 Å². The minimum atomic E-state index is 0.383. The molecule has 1 N–H and O–H groups in total. The Morgan fingerprint density at radius 1 is 1.25 bits per heavy atom. The van der Waals surface area contributed by atoms with E-state index >= 15 is 0 Å². The predicted octanol–water partition coefficient (Wildman–Crippen LogP) is 3.25. The van der Waals surface area contributed by atoms with Crippen LogP contribution in [0.15, 0.2) is 0 Å². The predicted molar refractivity (Wildman–Crippen MR) is 54.5 cm³/mol. The molecular formula is C11H19N. The molecule has 0 aromatic heterocycles. The lowest BCUT2D eigenvalue weighted by atomic mass is 9.91. The summed E-state index contributed by atoms with van der Waals surface area (Å²) in [6.45, 7) is 8.45. The largest absolute Gasteiger partial charge is 0.309 e. The third-order valence-corrected chi connectivity index (χ3v) is 1.48. The Kier molecular flexibility index (Phi) is 4.66. The molecule has 0 saturated heterocycles. The molecule has 0 unspecified atom stereocenters. The molecule has 0 rings (SSSR count). The van der Waals surface area contributed by atoms with Gasteiger partial charge >= 0.3 is 0 Å². The van der Waals surface area contributed by atoms with Gasteiger partial charge in [0, 0.05) is 18.6 Å². The average Bonchev–Trinajstić information content (AvgIpc) is 1.83. The SMILES string of the molecule is CC(=N)CC#CCCC(C)(C)C. The van der Waals surface area contributed by atoms with Crippen LogP contribution in [-0.4, -0.2) is 5.71 Å². The molecule has 0 aliphatic carbocycles. The molecule has 68 valence electrons. The molecule has 0 radical (unpaired) electrons. The van der Waals surface area contributed by atoms with Crippen molar-refractivity contribution in [1.82, 2.24) is 0 Å². The Morgan fingerprint density at radius 3 is 2.25 bits per heavy atom. The van der Waals surface area contributed by atoms with Crippen molar-refractivity contribution in [3.63, 3.8) is 0 Å². The third-order valence-electron chi connectivity index (χ3n) is 1.48. The van der Waals surface area contributed by atoms with Crippen molar-refractivity contribution in [3.05, 3.63) is 0 Å². The summed E-state index contributed by atoms with van der Waals surface area (Å²) in [7, 11) is 0. The van der Waals surface area contributed by atoms with Gasteiger partial charge in [0.2, 0.25) is 0 Å². The van der Waals surface area contributed by atoms with Crippen LogP contribution in [0.25, 0.3) is 0 Å². The van der Waals surface area contributed by atoms with E-state index in [1.54, 1.807) is 6.92 Å². The van der Waals surface area contributed by atoms with E-state index in [2.05, 4.69) is 32.6 Å². The van der Waals surface area contributed by atoms with Crippen LogP contribution in [-0.2, 0) is 0 Å². The molecule has 0 aliphatic heterocycles. The summed E-state index contributed by atoms with van der Waals surface area (Å²) in [5, 5.41) is 7.15. The Bertz CT molecular complexity index is 197. The molecule has 0 amide bonds. The van der Waals surface area contributed by atoms with Gasteiger partial charge in [0.15, 0.2) is 0 Å². The molecule has 0 saturated carbocycles. The maximum atomic E-state index is 7.15. The monoisotopic (exact) mass is 165 g/mol. The van der Waals surface area contributed by atoms with Gasteiger partial charge in [-0.15, -0.1) is 5.92 Å². The van der Waals surface area contributed by atoms with Crippen LogP contribution in [0.3, 0.4) is 0 Å². The van der Waals surface area contributed by atoms with Gasteiger partial charge in [0.05, 0.1) is 0 Å². The standard InChI is InChI=1S/C11H19N/c1-10(12)8-6-5-7-9-11(2,3)4/h12H,7-9H2,1-4H3. The molecule has 1 heteroatoms. The van der Waals surface area contributed by atoms with Crippen molar-refractivity contribution in [1.29, 1.82) is 5.41 Å². The first-order valence-electron chi connectivity index (χ1n) is 4.41. The molecule has 0 aromatic rings. The second kappa shape index (κ2) is 4.98. The molecule has 0 bridgehead atoms. The van der Waals surface area contributed by atoms with E-state index in [4.69, 9.17) is 5.41 Å². The van der Waals surface area contributed by atoms with E-state index in [-0.39, 0.29) is 0 Å². The maximum absolute atomic E-state index is 7.15. The number of hydrogen-bond donors (Lipinski definition) is 1. The highest BCUT2D eigenvalue weighted by Gasteiger charge is 2.07. The Hall–Kier alpha value is -0.770. The lowest BCUT2D eigenvalue weighted by Gasteiger charge is -2.15. The number of nitrogens with one attached hydrogen (secondary N) is 1. The summed E-state index contributed by atoms with van der Waals surface area (Å²) in [4.78, 5) is 0. The van der Waals surface area contributed by atoms with Crippen molar-refractivity contribution in [3.8, 4) is 11.8 Å². The highest BCUT2D eigenvalue weighted by atomic mass is 14.4. The van der Waals surface area contributed by atoms with Crippen LogP contribution in [0.1, 0.15) is 47.0 Å². The minimum absolute atomic E-state index is 0.383. The third kappa shape index (κ3) is 9.23. The first-order valence-corrected chi connectivity index (χ1v) is 4.41. The zero-order valence-electron chi connectivity index (χ0n) is 8.62. The van der Waals surface area contributed by atoms with Crippen LogP contribution in [0, 0.1) is 22.7 Å². The van der Waals surface area contributed by atoms with Gasteiger partial charge in [-0.1, -0.05) is 26.7 Å². The second-order valence-corrected chi connectivity index (χ2v) is 4.37. The lowest BCUT2D eigenvalue weighted by Crippen LogP contribution is -2.03. The van der Waals surface area contributed by atoms with Crippen molar-refractivity contribution < 1.29 is 0 Å². The minimum Gasteiger partial charge on any atom is -0.309 e. The van der Waals surface area contributed by atoms with Gasteiger partial charge < -0.3 is 5.41 Å². The van der Waals surface area contributed by atoms with Crippen molar-refractivity contribution in [2.75, 3.05) is 0 Å². The summed E-state index contributed by atoms with van der Waals surface area (Å²) >= 11 is 0. The van der Waals surface area contributed by atoms with Gasteiger partial charge in [-0.2, -0.15) is 0 Å². The molecule has 12 heavy (non-hydrogen) atoms. The van der Waals surface area contributed by atoms with Crippen molar-refractivity contribution >= 4 is 5.71 Å². The highest BCUT2D eigenvalue weighted by molar-refractivity contribution is 5.80. The van der Waals surface area contributed by atoms with E-state index in [0.717, 1.165) is 12.8 Å². The van der Waals surface area contributed by atoms with Crippen LogP contribution >= 0.6 is 0 Å². The fraction of sp³-hybridized carbons (Fsp3) is 0.727. The quantitative estimate of drug-likeness (QED) is 0.480. The zero-order valence-corrected chi connectivity index (χ0v) is 8.62. The summed E-state index contributed by atoms with van der Waals surface area (Å²) in [5.41, 5.74) is 1.03. The summed E-state index contributed by atoms with van der Waals surface area (Å²) in [6, 6.07) is 0. The van der Waals surface area contributed by atoms with Gasteiger partial charge in [-0.25, -0.2) is 0 Å². The van der Waals surface area contributed by atoms with E-state index in [0.29, 0.717) is 17.5 Å². The lowest BCUT2D eigenvalue weighted by molar-refractivity contribution is 0.384. The maximum Gasteiger partial charge on any atom is 0.0464 e. The van der Waals surface area contributed by atoms with Crippen LogP contribution in [0.2, 0.25) is 0 Å². The topological polar surface area (TPSA) is 23.9 Å². The second-order valence-electron chi connectivity index (χ2n) is 4.37. The van der Waals surface area contributed by atoms with E-state index in [9.17, 15) is 0 Å². The smallest absolute Gasteiger partial charge is 0.0464 e. The first-order chi connectivity index (χ1) is 5.42. The molecule has 0 aromatic carbocycles. The summed E-state index contributed by atoms with van der Waals surface area (Å²) in [5.74, 6) is 6.07. The molecule has 0 heterocycles. The van der Waals surface area contributed by atoms with Crippen LogP contribution in [0.5, 0.6) is 0 Å². The molecule has 0 aliphatic rings. The van der Waals surface area contributed by atoms with Gasteiger partial charge in [0.25, 0.3) is 0 Å². The first kappa shape index (κ1) is 11.2. The van der Waals surface area contributed by atoms with Gasteiger partial charge in [-0.3, -0.25) is 0 Å². The number of rotatable bonds is 2. The molecular weight excluding hydrogens is 146 g/mol. The van der Waals surface area contributed by atoms with Crippen molar-refractivity contribution in [2.45, 2.75) is 47.0 Å². The Balaban J connectivity index is 3.53. The van der Waals surface area contributed by atoms with Gasteiger partial charge in [0.1, 0.15) is 0 Å². The normalized spacial score (nSPS) is 10.3. The van der Waals surface area contributed by atoms with E-state index in [1.807, 2.05) is 0 Å². The Labute approximate surface area is 76.1 Å². The van der Waals surface area contributed by atoms with Crippen molar-refractivity contribution in [2.24, 2.45) is 5.41 Å².